The van der Waals surface area contributed by atoms with Crippen LogP contribution in [-0.2, 0) is 13.1 Å². The average Bonchev–Trinajstić information content (AvgIpc) is 3.11. The van der Waals surface area contributed by atoms with Crippen LogP contribution in [0.15, 0.2) is 61.1 Å². The van der Waals surface area contributed by atoms with Crippen LogP contribution in [0, 0.1) is 5.82 Å². The fraction of sp³-hybridized carbons (Fsp3) is 0.150. The predicted octanol–water partition coefficient (Wildman–Crippen LogP) is 5.21. The molecule has 8 heteroatoms. The van der Waals surface area contributed by atoms with Gasteiger partial charge in [0, 0.05) is 11.6 Å². The molecule has 2 aromatic carbocycles. The van der Waals surface area contributed by atoms with Crippen LogP contribution in [0.25, 0.3) is 11.0 Å². The Balaban J connectivity index is 1.54. The van der Waals surface area contributed by atoms with Crippen molar-refractivity contribution in [1.82, 2.24) is 19.7 Å². The third kappa shape index (κ3) is 3.93. The van der Waals surface area contributed by atoms with Crippen molar-refractivity contribution in [3.8, 4) is 0 Å². The topological polar surface area (TPSA) is 55.6 Å². The van der Waals surface area contributed by atoms with Gasteiger partial charge in [0.05, 0.1) is 23.5 Å². The summed E-state index contributed by atoms with van der Waals surface area (Å²) in [7, 11) is 0. The van der Waals surface area contributed by atoms with E-state index in [0.29, 0.717) is 29.6 Å². The molecule has 0 bridgehead atoms. The molecule has 0 saturated heterocycles. The van der Waals surface area contributed by atoms with Crippen LogP contribution in [0.1, 0.15) is 16.5 Å². The lowest BCUT2D eigenvalue weighted by molar-refractivity contribution is 0.609. The molecule has 1 N–H and O–H groups in total. The number of benzene rings is 2. The minimum atomic E-state index is -0.363. The van der Waals surface area contributed by atoms with Gasteiger partial charge >= 0.3 is 0 Å². The molecule has 1 atom stereocenters. The maximum absolute atomic E-state index is 13.1. The van der Waals surface area contributed by atoms with Gasteiger partial charge in [0.1, 0.15) is 18.0 Å². The number of rotatable bonds is 6. The highest BCUT2D eigenvalue weighted by atomic mass is 35.5. The molecular formula is C20H16Cl2FN5. The minimum Gasteiger partial charge on any atom is -0.365 e. The van der Waals surface area contributed by atoms with Crippen LogP contribution < -0.4 is 5.32 Å². The molecule has 0 aliphatic heterocycles. The third-order valence-corrected chi connectivity index (χ3v) is 5.16. The second-order valence-corrected chi connectivity index (χ2v) is 7.18. The second kappa shape index (κ2) is 8.12. The molecule has 0 saturated carbocycles. The number of halogens is 3. The SMILES string of the molecule is Fc1ccc(C(Cl)Cn2ncc3c(NCc4ccccc4Cl)ncnc32)cc1. The summed E-state index contributed by atoms with van der Waals surface area (Å²) in [6.07, 6.45) is 3.19. The number of alkyl halides is 1. The summed E-state index contributed by atoms with van der Waals surface area (Å²) in [5.74, 6) is 0.378. The highest BCUT2D eigenvalue weighted by Crippen LogP contribution is 2.26. The summed E-state index contributed by atoms with van der Waals surface area (Å²) in [4.78, 5) is 8.66. The number of anilines is 1. The Labute approximate surface area is 171 Å². The molecule has 5 nitrogen and oxygen atoms in total. The highest BCUT2D eigenvalue weighted by molar-refractivity contribution is 6.31. The van der Waals surface area contributed by atoms with Crippen LogP contribution in [0.2, 0.25) is 5.02 Å². The largest absolute Gasteiger partial charge is 0.365 e. The Hall–Kier alpha value is -2.70. The molecule has 0 amide bonds. The van der Waals surface area contributed by atoms with Crippen molar-refractivity contribution < 1.29 is 4.39 Å². The molecule has 2 aromatic heterocycles. The van der Waals surface area contributed by atoms with Gasteiger partial charge in [-0.3, -0.25) is 0 Å². The lowest BCUT2D eigenvalue weighted by Gasteiger charge is -2.11. The van der Waals surface area contributed by atoms with Crippen LogP contribution >= 0.6 is 23.2 Å². The van der Waals surface area contributed by atoms with Gasteiger partial charge in [-0.15, -0.1) is 11.6 Å². The Bertz CT molecular complexity index is 1100. The van der Waals surface area contributed by atoms with E-state index in [1.54, 1.807) is 23.0 Å². The summed E-state index contributed by atoms with van der Waals surface area (Å²) in [5.41, 5.74) is 2.46. The smallest absolute Gasteiger partial charge is 0.163 e. The average molecular weight is 416 g/mol. The summed E-state index contributed by atoms with van der Waals surface area (Å²) in [6.45, 7) is 0.933. The normalized spacial score (nSPS) is 12.2. The lowest BCUT2D eigenvalue weighted by Crippen LogP contribution is -2.07. The van der Waals surface area contributed by atoms with E-state index in [1.807, 2.05) is 24.3 Å². The minimum absolute atomic E-state index is 0.292. The number of fused-ring (bicyclic) bond motifs is 1. The molecule has 0 radical (unpaired) electrons. The first-order chi connectivity index (χ1) is 13.6. The van der Waals surface area contributed by atoms with Gasteiger partial charge < -0.3 is 5.32 Å². The molecule has 2 heterocycles. The van der Waals surface area contributed by atoms with E-state index in [2.05, 4.69) is 20.4 Å². The van der Waals surface area contributed by atoms with Gasteiger partial charge in [-0.1, -0.05) is 41.9 Å². The van der Waals surface area contributed by atoms with E-state index in [4.69, 9.17) is 23.2 Å². The molecule has 28 heavy (non-hydrogen) atoms. The van der Waals surface area contributed by atoms with E-state index in [-0.39, 0.29) is 11.2 Å². The number of nitrogens with one attached hydrogen (secondary N) is 1. The summed E-state index contributed by atoms with van der Waals surface area (Å²) in [6, 6.07) is 13.8. The first kappa shape index (κ1) is 18.7. The molecule has 4 rings (SSSR count). The van der Waals surface area contributed by atoms with Crippen molar-refractivity contribution in [3.63, 3.8) is 0 Å². The predicted molar refractivity (Wildman–Crippen MR) is 109 cm³/mol. The van der Waals surface area contributed by atoms with Gasteiger partial charge in [-0.2, -0.15) is 5.10 Å². The van der Waals surface area contributed by atoms with Crippen LogP contribution in [-0.4, -0.2) is 19.7 Å². The first-order valence-electron chi connectivity index (χ1n) is 8.65. The molecular weight excluding hydrogens is 400 g/mol. The Morgan fingerprint density at radius 2 is 1.86 bits per heavy atom. The summed E-state index contributed by atoms with van der Waals surface area (Å²) >= 11 is 12.7. The van der Waals surface area contributed by atoms with Gasteiger partial charge in [-0.25, -0.2) is 19.0 Å². The zero-order chi connectivity index (χ0) is 19.5. The quantitative estimate of drug-likeness (QED) is 0.439. The van der Waals surface area contributed by atoms with Crippen LogP contribution in [0.4, 0.5) is 10.2 Å². The van der Waals surface area contributed by atoms with Crippen molar-refractivity contribution >= 4 is 40.1 Å². The maximum Gasteiger partial charge on any atom is 0.163 e. The Morgan fingerprint density at radius 1 is 1.07 bits per heavy atom. The molecule has 4 aromatic rings. The van der Waals surface area contributed by atoms with E-state index < -0.39 is 0 Å². The van der Waals surface area contributed by atoms with Crippen molar-refractivity contribution in [3.05, 3.63) is 83.0 Å². The van der Waals surface area contributed by atoms with Crippen LogP contribution in [0.5, 0.6) is 0 Å². The van der Waals surface area contributed by atoms with Crippen LogP contribution in [0.3, 0.4) is 0 Å². The maximum atomic E-state index is 13.1. The van der Waals surface area contributed by atoms with Crippen molar-refractivity contribution in [1.29, 1.82) is 0 Å². The Morgan fingerprint density at radius 3 is 2.64 bits per heavy atom. The standard InChI is InChI=1S/C20H16Cl2FN5/c21-17-4-2-1-3-14(17)9-24-19-16-10-27-28(20(16)26-12-25-19)11-18(22)13-5-7-15(23)8-6-13/h1-8,10,12,18H,9,11H2,(H,24,25,26). The van der Waals surface area contributed by atoms with Crippen molar-refractivity contribution in [2.24, 2.45) is 0 Å². The monoisotopic (exact) mass is 415 g/mol. The molecule has 0 aliphatic rings. The summed E-state index contributed by atoms with van der Waals surface area (Å²) < 4.78 is 14.8. The summed E-state index contributed by atoms with van der Waals surface area (Å²) in [5, 5.41) is 8.81. The number of aromatic nitrogens is 4. The van der Waals surface area contributed by atoms with Gasteiger partial charge in [0.25, 0.3) is 0 Å². The van der Waals surface area contributed by atoms with E-state index in [1.165, 1.54) is 18.5 Å². The fourth-order valence-electron chi connectivity index (χ4n) is 2.92. The Kier molecular flexibility index (Phi) is 5.41. The zero-order valence-corrected chi connectivity index (χ0v) is 16.2. The third-order valence-electron chi connectivity index (χ3n) is 4.40. The molecule has 1 unspecified atom stereocenters. The van der Waals surface area contributed by atoms with E-state index >= 15 is 0 Å². The second-order valence-electron chi connectivity index (χ2n) is 6.25. The highest BCUT2D eigenvalue weighted by Gasteiger charge is 2.15. The van der Waals surface area contributed by atoms with Gasteiger partial charge in [0.2, 0.25) is 0 Å². The number of nitrogens with zero attached hydrogens (tertiary/aromatic N) is 4. The molecule has 0 spiro atoms. The van der Waals surface area contributed by atoms with Crippen molar-refractivity contribution in [2.75, 3.05) is 5.32 Å². The van der Waals surface area contributed by atoms with Gasteiger partial charge in [0.15, 0.2) is 5.65 Å². The van der Waals surface area contributed by atoms with Gasteiger partial charge in [-0.05, 0) is 29.3 Å². The molecule has 0 fully saturated rings. The number of hydrogen-bond acceptors (Lipinski definition) is 4. The van der Waals surface area contributed by atoms with E-state index in [0.717, 1.165) is 16.5 Å². The van der Waals surface area contributed by atoms with E-state index in [9.17, 15) is 4.39 Å². The first-order valence-corrected chi connectivity index (χ1v) is 9.46. The lowest BCUT2D eigenvalue weighted by atomic mass is 10.1. The van der Waals surface area contributed by atoms with Crippen molar-refractivity contribution in [2.45, 2.75) is 18.5 Å². The molecule has 142 valence electrons. The number of hydrogen-bond donors (Lipinski definition) is 1. The fourth-order valence-corrected chi connectivity index (χ4v) is 3.40. The zero-order valence-electron chi connectivity index (χ0n) is 14.7. The molecule has 0 aliphatic carbocycles.